The van der Waals surface area contributed by atoms with Gasteiger partial charge in [-0.2, -0.15) is 0 Å². The standard InChI is InChI=1S/C6H6.C5H13N.C2H6/c1-2-4-6-5-3-1;1-4-5-6(2)3;1-2/h1-6H;4-5H2,1-3H3;1-2H3. The highest BCUT2D eigenvalue weighted by Gasteiger charge is 1.79. The predicted octanol–water partition coefficient (Wildman–Crippen LogP) is 3.67. The Morgan fingerprint density at radius 3 is 1.14 bits per heavy atom. The Morgan fingerprint density at radius 2 is 1.07 bits per heavy atom. The van der Waals surface area contributed by atoms with E-state index in [2.05, 4.69) is 25.9 Å². The van der Waals surface area contributed by atoms with Crippen LogP contribution in [0.25, 0.3) is 0 Å². The topological polar surface area (TPSA) is 3.24 Å². The summed E-state index contributed by atoms with van der Waals surface area (Å²) in [5.41, 5.74) is 0. The molecule has 0 fully saturated rings. The maximum Gasteiger partial charge on any atom is -0.00275 e. The van der Waals surface area contributed by atoms with Crippen LogP contribution in [0.3, 0.4) is 0 Å². The Bertz CT molecular complexity index is 131. The first-order valence-corrected chi connectivity index (χ1v) is 5.42. The summed E-state index contributed by atoms with van der Waals surface area (Å²) < 4.78 is 0. The van der Waals surface area contributed by atoms with E-state index in [9.17, 15) is 0 Å². The van der Waals surface area contributed by atoms with Crippen LogP contribution in [-0.4, -0.2) is 25.5 Å². The minimum Gasteiger partial charge on any atom is -0.309 e. The molecule has 0 amide bonds. The van der Waals surface area contributed by atoms with E-state index < -0.39 is 0 Å². The number of rotatable bonds is 2. The lowest BCUT2D eigenvalue weighted by atomic mass is 10.4. The SMILES string of the molecule is CC.CCCN(C)C.c1ccccc1. The second-order valence-corrected chi connectivity index (χ2v) is 2.96. The average molecular weight is 195 g/mol. The third-order valence-electron chi connectivity index (χ3n) is 1.34. The molecule has 0 N–H and O–H groups in total. The van der Waals surface area contributed by atoms with Gasteiger partial charge in [0.25, 0.3) is 0 Å². The van der Waals surface area contributed by atoms with Crippen LogP contribution >= 0.6 is 0 Å². The number of hydrogen-bond donors (Lipinski definition) is 0. The third-order valence-corrected chi connectivity index (χ3v) is 1.34. The molecule has 0 heterocycles. The molecule has 1 heteroatoms. The normalized spacial score (nSPS) is 8.14. The van der Waals surface area contributed by atoms with Crippen molar-refractivity contribution in [2.24, 2.45) is 0 Å². The van der Waals surface area contributed by atoms with Crippen molar-refractivity contribution < 1.29 is 0 Å². The summed E-state index contributed by atoms with van der Waals surface area (Å²) in [4.78, 5) is 2.18. The fourth-order valence-electron chi connectivity index (χ4n) is 0.832. The lowest BCUT2D eigenvalue weighted by Crippen LogP contribution is -2.11. The molecule has 1 nitrogen and oxygen atoms in total. The first-order valence-electron chi connectivity index (χ1n) is 5.42. The lowest BCUT2D eigenvalue weighted by molar-refractivity contribution is 0.408. The van der Waals surface area contributed by atoms with Crippen molar-refractivity contribution in [2.75, 3.05) is 20.6 Å². The largest absolute Gasteiger partial charge is 0.309 e. The van der Waals surface area contributed by atoms with Crippen molar-refractivity contribution in [3.8, 4) is 0 Å². The van der Waals surface area contributed by atoms with Gasteiger partial charge in [-0.05, 0) is 27.1 Å². The van der Waals surface area contributed by atoms with Gasteiger partial charge in [0.05, 0.1) is 0 Å². The summed E-state index contributed by atoms with van der Waals surface area (Å²) in [6.07, 6.45) is 1.26. The first kappa shape index (κ1) is 15.6. The molecule has 0 bridgehead atoms. The zero-order valence-corrected chi connectivity index (χ0v) is 10.3. The van der Waals surface area contributed by atoms with Gasteiger partial charge in [0.15, 0.2) is 0 Å². The quantitative estimate of drug-likeness (QED) is 0.696. The Balaban J connectivity index is 0. The maximum absolute atomic E-state index is 2.18. The van der Waals surface area contributed by atoms with Gasteiger partial charge in [-0.3, -0.25) is 0 Å². The minimum absolute atomic E-state index is 1.21. The molecule has 0 atom stereocenters. The van der Waals surface area contributed by atoms with E-state index in [-0.39, 0.29) is 0 Å². The number of hydrogen-bond acceptors (Lipinski definition) is 1. The van der Waals surface area contributed by atoms with Crippen LogP contribution in [-0.2, 0) is 0 Å². The van der Waals surface area contributed by atoms with Crippen LogP contribution in [0.1, 0.15) is 27.2 Å². The summed E-state index contributed by atoms with van der Waals surface area (Å²) in [5.74, 6) is 0. The van der Waals surface area contributed by atoms with Gasteiger partial charge in [0.1, 0.15) is 0 Å². The van der Waals surface area contributed by atoms with E-state index in [1.807, 2.05) is 50.2 Å². The van der Waals surface area contributed by atoms with Crippen molar-refractivity contribution in [1.82, 2.24) is 4.90 Å². The van der Waals surface area contributed by atoms with Crippen LogP contribution in [0.4, 0.5) is 0 Å². The van der Waals surface area contributed by atoms with Crippen molar-refractivity contribution >= 4 is 0 Å². The van der Waals surface area contributed by atoms with Gasteiger partial charge in [-0.1, -0.05) is 57.2 Å². The summed E-state index contributed by atoms with van der Waals surface area (Å²) in [6, 6.07) is 12.0. The smallest absolute Gasteiger partial charge is 0.00275 e. The molecule has 1 aromatic carbocycles. The van der Waals surface area contributed by atoms with Gasteiger partial charge in [-0.25, -0.2) is 0 Å². The molecular weight excluding hydrogens is 170 g/mol. The molecule has 0 radical (unpaired) electrons. The molecule has 0 aliphatic carbocycles. The Morgan fingerprint density at radius 1 is 0.786 bits per heavy atom. The molecule has 0 saturated heterocycles. The van der Waals surface area contributed by atoms with Crippen molar-refractivity contribution in [2.45, 2.75) is 27.2 Å². The summed E-state index contributed by atoms with van der Waals surface area (Å²) >= 11 is 0. The third kappa shape index (κ3) is 17.3. The van der Waals surface area contributed by atoms with Crippen molar-refractivity contribution in [1.29, 1.82) is 0 Å². The van der Waals surface area contributed by atoms with E-state index in [1.54, 1.807) is 0 Å². The van der Waals surface area contributed by atoms with Gasteiger partial charge in [-0.15, -0.1) is 0 Å². The van der Waals surface area contributed by atoms with Crippen LogP contribution in [0, 0.1) is 0 Å². The van der Waals surface area contributed by atoms with Gasteiger partial charge >= 0.3 is 0 Å². The molecule has 1 rings (SSSR count). The second kappa shape index (κ2) is 14.7. The van der Waals surface area contributed by atoms with E-state index >= 15 is 0 Å². The van der Waals surface area contributed by atoms with Crippen molar-refractivity contribution in [3.63, 3.8) is 0 Å². The second-order valence-electron chi connectivity index (χ2n) is 2.96. The van der Waals surface area contributed by atoms with Crippen LogP contribution in [0.2, 0.25) is 0 Å². The van der Waals surface area contributed by atoms with Gasteiger partial charge in [0, 0.05) is 0 Å². The molecule has 0 unspecified atom stereocenters. The molecule has 14 heavy (non-hydrogen) atoms. The van der Waals surface area contributed by atoms with E-state index in [0.29, 0.717) is 0 Å². The molecule has 0 aliphatic heterocycles. The molecule has 1 aromatic rings. The Hall–Kier alpha value is -0.820. The maximum atomic E-state index is 2.18. The molecule has 82 valence electrons. The number of benzene rings is 1. The summed E-state index contributed by atoms with van der Waals surface area (Å²) in [5, 5.41) is 0. The highest BCUT2D eigenvalue weighted by Crippen LogP contribution is 1.80. The van der Waals surface area contributed by atoms with Crippen molar-refractivity contribution in [3.05, 3.63) is 36.4 Å². The van der Waals surface area contributed by atoms with Gasteiger partial charge in [0.2, 0.25) is 0 Å². The molecular formula is C13H25N. The highest BCUT2D eigenvalue weighted by atomic mass is 15.0. The summed E-state index contributed by atoms with van der Waals surface area (Å²) in [6.45, 7) is 7.39. The Labute approximate surface area is 89.8 Å². The highest BCUT2D eigenvalue weighted by molar-refractivity contribution is 4.99. The number of nitrogens with zero attached hydrogens (tertiary/aromatic N) is 1. The summed E-state index contributed by atoms with van der Waals surface area (Å²) in [7, 11) is 4.17. The van der Waals surface area contributed by atoms with Gasteiger partial charge < -0.3 is 4.90 Å². The molecule has 0 saturated carbocycles. The fourth-order valence-corrected chi connectivity index (χ4v) is 0.832. The average Bonchev–Trinajstić information content (AvgIpc) is 2.24. The van der Waals surface area contributed by atoms with E-state index in [1.165, 1.54) is 13.0 Å². The van der Waals surface area contributed by atoms with Crippen LogP contribution < -0.4 is 0 Å². The van der Waals surface area contributed by atoms with E-state index in [0.717, 1.165) is 0 Å². The van der Waals surface area contributed by atoms with Crippen LogP contribution in [0.5, 0.6) is 0 Å². The lowest BCUT2D eigenvalue weighted by Gasteiger charge is -2.03. The molecule has 0 aliphatic rings. The van der Waals surface area contributed by atoms with Crippen LogP contribution in [0.15, 0.2) is 36.4 Å². The van der Waals surface area contributed by atoms with E-state index in [4.69, 9.17) is 0 Å². The monoisotopic (exact) mass is 195 g/mol. The Kier molecular flexibility index (Phi) is 16.4. The molecule has 0 aromatic heterocycles. The fraction of sp³-hybridized carbons (Fsp3) is 0.538. The minimum atomic E-state index is 1.21. The zero-order chi connectivity index (χ0) is 11.2. The predicted molar refractivity (Wildman–Crippen MR) is 66.6 cm³/mol. The zero-order valence-electron chi connectivity index (χ0n) is 10.3. The first-order chi connectivity index (χ1) is 6.77. The molecule has 0 spiro atoms.